The predicted octanol–water partition coefficient (Wildman–Crippen LogP) is 0.590. The van der Waals surface area contributed by atoms with Crippen LogP contribution >= 0.6 is 0 Å². The Morgan fingerprint density at radius 2 is 1.78 bits per heavy atom. The number of benzene rings is 1. The molecule has 2 rings (SSSR count). The molecule has 0 spiro atoms. The number of nitrogens with zero attached hydrogens (tertiary/aromatic N) is 1. The number of nitrogens with one attached hydrogen (secondary N) is 1. The largest absolute Gasteiger partial charge is 0.542 e. The number of carboxylic acid groups (broad SMARTS) is 1. The lowest BCUT2D eigenvalue weighted by Gasteiger charge is -2.03. The Labute approximate surface area is 100 Å². The Morgan fingerprint density at radius 3 is 2.17 bits per heavy atom. The van der Waals surface area contributed by atoms with Gasteiger partial charge in [0.25, 0.3) is 0 Å². The summed E-state index contributed by atoms with van der Waals surface area (Å²) in [6.45, 7) is 0. The minimum absolute atomic E-state index is 1.17. The Balaban J connectivity index is 0.000000203. The first-order valence-corrected chi connectivity index (χ1v) is 4.79. The number of carbonyl (C=O) groups excluding carboxylic acids is 1. The Morgan fingerprint density at radius 1 is 1.22 bits per heavy atom. The van der Waals surface area contributed by atoms with E-state index in [1.54, 1.807) is 0 Å². The van der Waals surface area contributed by atoms with Crippen molar-refractivity contribution in [1.82, 2.24) is 4.98 Å². The monoisotopic (exact) mass is 258 g/mol. The topological polar surface area (TPSA) is 59.8 Å². The molecule has 0 unspecified atom stereocenters. The van der Waals surface area contributed by atoms with Gasteiger partial charge in [0.15, 0.2) is 0 Å². The zero-order valence-electron chi connectivity index (χ0n) is 9.02. The summed E-state index contributed by atoms with van der Waals surface area (Å²) in [5, 5.41) is 8.78. The minimum atomic E-state index is -5.19. The fraction of sp³-hybridized carbons (Fsp3) is 0.0909. The SMILES string of the molecule is O=C([O-])C(F)(F)F.c1ccc(-[n+]2cc[nH]c2)cc1. The molecule has 0 saturated heterocycles. The second kappa shape index (κ2) is 5.85. The Hall–Kier alpha value is -2.31. The molecule has 0 bridgehead atoms. The van der Waals surface area contributed by atoms with Gasteiger partial charge in [0.2, 0.25) is 6.33 Å². The lowest BCUT2D eigenvalue weighted by atomic mass is 10.3. The maximum Gasteiger partial charge on any atom is 0.430 e. The average molecular weight is 258 g/mol. The number of rotatable bonds is 1. The Kier molecular flexibility index (Phi) is 4.47. The van der Waals surface area contributed by atoms with E-state index in [4.69, 9.17) is 9.90 Å². The molecule has 1 heterocycles. The summed E-state index contributed by atoms with van der Waals surface area (Å²) in [4.78, 5) is 11.8. The first-order chi connectivity index (χ1) is 8.41. The second-order valence-corrected chi connectivity index (χ2v) is 3.14. The molecule has 0 amide bonds. The number of imidazole rings is 1. The highest BCUT2D eigenvalue weighted by Gasteiger charge is 2.28. The summed E-state index contributed by atoms with van der Waals surface area (Å²) in [6.07, 6.45) is 0.595. The molecule has 0 atom stereocenters. The molecule has 1 N–H and O–H groups in total. The zero-order valence-corrected chi connectivity index (χ0v) is 9.02. The van der Waals surface area contributed by atoms with Gasteiger partial charge >= 0.3 is 6.18 Å². The molecular weight excluding hydrogens is 249 g/mol. The van der Waals surface area contributed by atoms with Crippen molar-refractivity contribution in [3.05, 3.63) is 49.1 Å². The number of aliphatic carboxylic acids is 1. The number of alkyl halides is 3. The van der Waals surface area contributed by atoms with Crippen LogP contribution in [0, 0.1) is 0 Å². The van der Waals surface area contributed by atoms with E-state index >= 15 is 0 Å². The molecule has 7 heteroatoms. The summed E-state index contributed by atoms with van der Waals surface area (Å²) >= 11 is 0. The van der Waals surface area contributed by atoms with Crippen molar-refractivity contribution in [2.45, 2.75) is 6.18 Å². The molecule has 0 aliphatic rings. The number of carbonyl (C=O) groups is 1. The summed E-state index contributed by atoms with van der Waals surface area (Å²) in [5.74, 6) is -3.01. The molecule has 18 heavy (non-hydrogen) atoms. The van der Waals surface area contributed by atoms with Gasteiger partial charge in [0.1, 0.15) is 24.1 Å². The van der Waals surface area contributed by atoms with Crippen molar-refractivity contribution in [3.63, 3.8) is 0 Å². The maximum atomic E-state index is 10.5. The van der Waals surface area contributed by atoms with E-state index in [-0.39, 0.29) is 0 Å². The van der Waals surface area contributed by atoms with Gasteiger partial charge in [-0.3, -0.25) is 0 Å². The van der Waals surface area contributed by atoms with Crippen LogP contribution in [0.15, 0.2) is 49.1 Å². The van der Waals surface area contributed by atoms with Crippen LogP contribution in [0.1, 0.15) is 0 Å². The van der Waals surface area contributed by atoms with Crippen LogP contribution in [0.5, 0.6) is 0 Å². The highest BCUT2D eigenvalue weighted by Crippen LogP contribution is 2.11. The summed E-state index contributed by atoms with van der Waals surface area (Å²) in [5.41, 5.74) is 1.17. The summed E-state index contributed by atoms with van der Waals surface area (Å²) < 4.78 is 33.6. The predicted molar refractivity (Wildman–Crippen MR) is 53.4 cm³/mol. The van der Waals surface area contributed by atoms with Crippen LogP contribution in [0.3, 0.4) is 0 Å². The van der Waals surface area contributed by atoms with Crippen LogP contribution in [0.4, 0.5) is 13.2 Å². The number of aromatic amines is 1. The Bertz CT molecular complexity index is 481. The summed E-state index contributed by atoms with van der Waals surface area (Å²) in [7, 11) is 0. The van der Waals surface area contributed by atoms with Gasteiger partial charge in [-0.15, -0.1) is 0 Å². The number of hydrogen-bond acceptors (Lipinski definition) is 2. The third kappa shape index (κ3) is 4.28. The van der Waals surface area contributed by atoms with E-state index in [0.717, 1.165) is 0 Å². The fourth-order valence-corrected chi connectivity index (χ4v) is 1.05. The molecule has 96 valence electrons. The van der Waals surface area contributed by atoms with Crippen molar-refractivity contribution in [1.29, 1.82) is 0 Å². The van der Waals surface area contributed by atoms with Gasteiger partial charge in [-0.25, -0.2) is 9.55 Å². The third-order valence-corrected chi connectivity index (χ3v) is 1.83. The van der Waals surface area contributed by atoms with Crippen LogP contribution < -0.4 is 9.67 Å². The van der Waals surface area contributed by atoms with E-state index in [0.29, 0.717) is 0 Å². The number of hydrogen-bond donors (Lipinski definition) is 1. The summed E-state index contributed by atoms with van der Waals surface area (Å²) in [6, 6.07) is 10.2. The highest BCUT2D eigenvalue weighted by molar-refractivity contribution is 5.70. The zero-order chi connectivity index (χ0) is 13.6. The lowest BCUT2D eigenvalue weighted by Crippen LogP contribution is -2.37. The number of para-hydroxylation sites is 1. The highest BCUT2D eigenvalue weighted by atomic mass is 19.4. The molecule has 1 aromatic heterocycles. The number of aromatic nitrogens is 2. The van der Waals surface area contributed by atoms with Gasteiger partial charge < -0.3 is 9.90 Å². The first-order valence-electron chi connectivity index (χ1n) is 4.79. The molecule has 4 nitrogen and oxygen atoms in total. The van der Waals surface area contributed by atoms with E-state index in [1.807, 2.05) is 41.5 Å². The van der Waals surface area contributed by atoms with Gasteiger partial charge in [0, 0.05) is 0 Å². The molecule has 0 radical (unpaired) electrons. The van der Waals surface area contributed by atoms with Gasteiger partial charge in [-0.2, -0.15) is 13.2 Å². The third-order valence-electron chi connectivity index (χ3n) is 1.83. The number of H-pyrrole nitrogens is 1. The molecular formula is C11H9F3N2O2. The standard InChI is InChI=1S/C9H8N2.C2HF3O2/c1-2-4-9(5-3-1)11-7-6-10-8-11;3-2(4,5)1(6)7/h1-8H;(H,6,7). The molecule has 0 saturated carbocycles. The molecule has 0 fully saturated rings. The van der Waals surface area contributed by atoms with Gasteiger partial charge in [-0.05, 0) is 12.1 Å². The van der Waals surface area contributed by atoms with Crippen LogP contribution in [-0.4, -0.2) is 17.1 Å². The normalized spacial score (nSPS) is 10.4. The number of carboxylic acids is 1. The maximum absolute atomic E-state index is 10.5. The van der Waals surface area contributed by atoms with Crippen molar-refractivity contribution >= 4 is 5.97 Å². The smallest absolute Gasteiger partial charge is 0.430 e. The van der Waals surface area contributed by atoms with Gasteiger partial charge in [-0.1, -0.05) is 18.2 Å². The first kappa shape index (κ1) is 13.8. The van der Waals surface area contributed by atoms with Crippen LogP contribution in [-0.2, 0) is 4.79 Å². The average Bonchev–Trinajstić information content (AvgIpc) is 2.83. The molecule has 1 aromatic carbocycles. The van der Waals surface area contributed by atoms with E-state index in [9.17, 15) is 13.2 Å². The van der Waals surface area contributed by atoms with Crippen LogP contribution in [0.25, 0.3) is 5.69 Å². The molecule has 2 aromatic rings. The van der Waals surface area contributed by atoms with Crippen molar-refractivity contribution < 1.29 is 27.6 Å². The molecule has 0 aliphatic heterocycles. The number of halogens is 3. The second-order valence-electron chi connectivity index (χ2n) is 3.14. The van der Waals surface area contributed by atoms with Crippen molar-refractivity contribution in [2.24, 2.45) is 0 Å². The van der Waals surface area contributed by atoms with E-state index in [1.165, 1.54) is 5.69 Å². The van der Waals surface area contributed by atoms with Gasteiger partial charge in [0.05, 0.1) is 0 Å². The quantitative estimate of drug-likeness (QED) is 0.761. The van der Waals surface area contributed by atoms with Crippen molar-refractivity contribution in [3.8, 4) is 5.69 Å². The van der Waals surface area contributed by atoms with Crippen molar-refractivity contribution in [2.75, 3.05) is 0 Å². The molecule has 0 aliphatic carbocycles. The fourth-order valence-electron chi connectivity index (χ4n) is 1.05. The minimum Gasteiger partial charge on any atom is -0.542 e. The lowest BCUT2D eigenvalue weighted by molar-refractivity contribution is -0.594. The van der Waals surface area contributed by atoms with E-state index in [2.05, 4.69) is 17.1 Å². The van der Waals surface area contributed by atoms with E-state index < -0.39 is 12.1 Å². The van der Waals surface area contributed by atoms with Crippen LogP contribution in [0.2, 0.25) is 0 Å².